The summed E-state index contributed by atoms with van der Waals surface area (Å²) in [5, 5.41) is 9.27. The first-order chi connectivity index (χ1) is 14.3. The van der Waals surface area contributed by atoms with Crippen LogP contribution in [-0.2, 0) is 13.0 Å². The van der Waals surface area contributed by atoms with Crippen LogP contribution in [0.25, 0.3) is 0 Å². The van der Waals surface area contributed by atoms with Gasteiger partial charge in [-0.2, -0.15) is 9.47 Å². The zero-order valence-electron chi connectivity index (χ0n) is 17.5. The van der Waals surface area contributed by atoms with E-state index >= 15 is 0 Å². The Hall–Kier alpha value is -2.16. The summed E-state index contributed by atoms with van der Waals surface area (Å²) in [6.45, 7) is 9.46. The maximum Gasteiger partial charge on any atom is 0.205 e. The molecule has 2 fully saturated rings. The molecule has 0 amide bonds. The van der Waals surface area contributed by atoms with E-state index in [9.17, 15) is 0 Å². The third kappa shape index (κ3) is 4.88. The molecule has 1 aliphatic carbocycles. The van der Waals surface area contributed by atoms with Crippen molar-refractivity contribution in [3.05, 3.63) is 23.8 Å². The molecule has 1 N–H and O–H groups in total. The predicted molar refractivity (Wildman–Crippen MR) is 118 cm³/mol. The van der Waals surface area contributed by atoms with Crippen molar-refractivity contribution >= 4 is 22.6 Å². The number of nitrogens with one attached hydrogen (secondary N) is 1. The lowest BCUT2D eigenvalue weighted by Crippen LogP contribution is -2.52. The summed E-state index contributed by atoms with van der Waals surface area (Å²) >= 11 is 1.51. The van der Waals surface area contributed by atoms with Gasteiger partial charge in [0.1, 0.15) is 5.82 Å². The van der Waals surface area contributed by atoms with E-state index in [4.69, 9.17) is 10.1 Å². The number of aromatic nitrogens is 4. The number of rotatable bonds is 6. The SMILES string of the molecule is CCNC(=NCc1ccn(C2CCCC2)n1)N1CCN(c2nc(CC)ns2)CC1. The van der Waals surface area contributed by atoms with Gasteiger partial charge in [-0.1, -0.05) is 19.8 Å². The van der Waals surface area contributed by atoms with Crippen LogP contribution in [0.2, 0.25) is 0 Å². The van der Waals surface area contributed by atoms with E-state index in [1.54, 1.807) is 0 Å². The number of guanidine groups is 1. The monoisotopic (exact) mass is 416 g/mol. The van der Waals surface area contributed by atoms with Gasteiger partial charge in [-0.25, -0.2) is 9.98 Å². The van der Waals surface area contributed by atoms with Crippen LogP contribution in [0.1, 0.15) is 57.1 Å². The molecule has 2 aliphatic rings. The molecule has 0 atom stereocenters. The molecular weight excluding hydrogens is 384 g/mol. The Morgan fingerprint density at radius 1 is 1.21 bits per heavy atom. The molecule has 0 radical (unpaired) electrons. The van der Waals surface area contributed by atoms with Gasteiger partial charge in [-0.05, 0) is 25.8 Å². The first-order valence-corrected chi connectivity index (χ1v) is 11.7. The van der Waals surface area contributed by atoms with E-state index in [0.717, 1.165) is 61.8 Å². The van der Waals surface area contributed by atoms with Crippen molar-refractivity contribution in [2.75, 3.05) is 37.6 Å². The number of aliphatic imine (C=N–C) groups is 1. The third-order valence-electron chi connectivity index (χ3n) is 5.71. The quantitative estimate of drug-likeness (QED) is 0.576. The largest absolute Gasteiger partial charge is 0.357 e. The Bertz CT molecular complexity index is 799. The van der Waals surface area contributed by atoms with Crippen LogP contribution in [0.15, 0.2) is 17.3 Å². The van der Waals surface area contributed by atoms with Crippen molar-refractivity contribution in [3.8, 4) is 0 Å². The first kappa shape index (κ1) is 20.1. The smallest absolute Gasteiger partial charge is 0.205 e. The van der Waals surface area contributed by atoms with E-state index in [2.05, 4.69) is 55.3 Å². The fourth-order valence-corrected chi connectivity index (χ4v) is 4.84. The minimum atomic E-state index is 0.586. The van der Waals surface area contributed by atoms with Gasteiger partial charge in [0.05, 0.1) is 18.3 Å². The lowest BCUT2D eigenvalue weighted by atomic mass is 10.3. The normalized spacial score (nSPS) is 18.6. The van der Waals surface area contributed by atoms with Crippen molar-refractivity contribution in [2.24, 2.45) is 4.99 Å². The van der Waals surface area contributed by atoms with Gasteiger partial charge in [0, 0.05) is 56.9 Å². The van der Waals surface area contributed by atoms with E-state index in [1.165, 1.54) is 37.2 Å². The van der Waals surface area contributed by atoms with Crippen LogP contribution in [-0.4, -0.2) is 62.7 Å². The van der Waals surface area contributed by atoms with Crippen LogP contribution in [0.4, 0.5) is 5.13 Å². The Kier molecular flexibility index (Phi) is 6.63. The highest BCUT2D eigenvalue weighted by molar-refractivity contribution is 7.09. The number of nitrogens with zero attached hydrogens (tertiary/aromatic N) is 7. The Labute approximate surface area is 177 Å². The molecule has 1 saturated heterocycles. The fourth-order valence-electron chi connectivity index (χ4n) is 4.04. The van der Waals surface area contributed by atoms with Crippen molar-refractivity contribution in [1.82, 2.24) is 29.4 Å². The van der Waals surface area contributed by atoms with Gasteiger partial charge in [0.2, 0.25) is 5.13 Å². The van der Waals surface area contributed by atoms with Crippen LogP contribution < -0.4 is 10.2 Å². The lowest BCUT2D eigenvalue weighted by molar-refractivity contribution is 0.372. The van der Waals surface area contributed by atoms with Crippen molar-refractivity contribution in [1.29, 1.82) is 0 Å². The van der Waals surface area contributed by atoms with Crippen LogP contribution >= 0.6 is 11.5 Å². The standard InChI is InChI=1S/C20H32N8S/c1-3-18-23-20(29-25-18)27-13-11-26(12-14-27)19(21-4-2)22-15-16-9-10-28(24-16)17-7-5-6-8-17/h9-10,17H,3-8,11-15H2,1-2H3,(H,21,22). The van der Waals surface area contributed by atoms with Gasteiger partial charge in [0.15, 0.2) is 5.96 Å². The molecule has 8 nitrogen and oxygen atoms in total. The summed E-state index contributed by atoms with van der Waals surface area (Å²) < 4.78 is 6.57. The van der Waals surface area contributed by atoms with Crippen LogP contribution in [0.3, 0.4) is 0 Å². The molecule has 2 aromatic heterocycles. The molecular formula is C20H32N8S. The van der Waals surface area contributed by atoms with E-state index in [1.807, 2.05) is 0 Å². The van der Waals surface area contributed by atoms with Crippen molar-refractivity contribution < 1.29 is 0 Å². The second-order valence-corrected chi connectivity index (χ2v) is 8.45. The van der Waals surface area contributed by atoms with Gasteiger partial charge < -0.3 is 15.1 Å². The van der Waals surface area contributed by atoms with Gasteiger partial charge in [0.25, 0.3) is 0 Å². The lowest BCUT2D eigenvalue weighted by Gasteiger charge is -2.36. The van der Waals surface area contributed by atoms with Gasteiger partial charge in [-0.15, -0.1) is 0 Å². The molecule has 29 heavy (non-hydrogen) atoms. The van der Waals surface area contributed by atoms with Crippen molar-refractivity contribution in [3.63, 3.8) is 0 Å². The summed E-state index contributed by atoms with van der Waals surface area (Å²) in [6.07, 6.45) is 8.18. The highest BCUT2D eigenvalue weighted by atomic mass is 32.1. The fraction of sp³-hybridized carbons (Fsp3) is 0.700. The Morgan fingerprint density at radius 2 is 2.00 bits per heavy atom. The molecule has 0 spiro atoms. The maximum atomic E-state index is 4.87. The third-order valence-corrected chi connectivity index (χ3v) is 6.53. The van der Waals surface area contributed by atoms with E-state index in [0.29, 0.717) is 12.6 Å². The molecule has 2 aromatic rings. The molecule has 1 saturated carbocycles. The summed E-state index contributed by atoms with van der Waals surface area (Å²) in [4.78, 5) is 14.2. The number of aryl methyl sites for hydroxylation is 1. The number of hydrogen-bond acceptors (Lipinski definition) is 6. The Morgan fingerprint density at radius 3 is 2.69 bits per heavy atom. The average molecular weight is 417 g/mol. The number of hydrogen-bond donors (Lipinski definition) is 1. The highest BCUT2D eigenvalue weighted by Gasteiger charge is 2.22. The summed E-state index contributed by atoms with van der Waals surface area (Å²) in [7, 11) is 0. The van der Waals surface area contributed by atoms with Crippen LogP contribution in [0.5, 0.6) is 0 Å². The second kappa shape index (κ2) is 9.56. The summed E-state index contributed by atoms with van der Waals surface area (Å²) in [5.41, 5.74) is 1.05. The minimum absolute atomic E-state index is 0.586. The molecule has 0 unspecified atom stereocenters. The minimum Gasteiger partial charge on any atom is -0.357 e. The molecule has 3 heterocycles. The topological polar surface area (TPSA) is 74.5 Å². The average Bonchev–Trinajstić information content (AvgIpc) is 3.52. The zero-order valence-corrected chi connectivity index (χ0v) is 18.4. The molecule has 0 bridgehead atoms. The second-order valence-electron chi connectivity index (χ2n) is 7.72. The summed E-state index contributed by atoms with van der Waals surface area (Å²) in [5.74, 6) is 1.92. The molecule has 1 aliphatic heterocycles. The van der Waals surface area contributed by atoms with Crippen molar-refractivity contribution in [2.45, 2.75) is 58.5 Å². The van der Waals surface area contributed by atoms with Crippen LogP contribution in [0, 0.1) is 0 Å². The molecule has 0 aromatic carbocycles. The number of piperazine rings is 1. The Balaban J connectivity index is 1.35. The molecule has 4 rings (SSSR count). The zero-order chi connectivity index (χ0) is 20.1. The maximum absolute atomic E-state index is 4.87. The molecule has 158 valence electrons. The first-order valence-electron chi connectivity index (χ1n) is 10.9. The predicted octanol–water partition coefficient (Wildman–Crippen LogP) is 2.70. The van der Waals surface area contributed by atoms with E-state index < -0.39 is 0 Å². The van der Waals surface area contributed by atoms with E-state index in [-0.39, 0.29) is 0 Å². The van der Waals surface area contributed by atoms with Gasteiger partial charge in [-0.3, -0.25) is 4.68 Å². The number of anilines is 1. The highest BCUT2D eigenvalue weighted by Crippen LogP contribution is 2.28. The summed E-state index contributed by atoms with van der Waals surface area (Å²) in [6, 6.07) is 2.70. The molecule has 9 heteroatoms. The van der Waals surface area contributed by atoms with Gasteiger partial charge >= 0.3 is 0 Å².